The lowest BCUT2D eigenvalue weighted by atomic mass is 10.1. The first kappa shape index (κ1) is 35.5. The maximum absolute atomic E-state index is 10.5. The van der Waals surface area contributed by atoms with Crippen LogP contribution in [0.2, 0.25) is 0 Å². The molecule has 2 heterocycles. The van der Waals surface area contributed by atoms with E-state index in [1.165, 1.54) is 0 Å². The number of aromatic carboxylic acids is 6. The molecule has 0 amide bonds. The van der Waals surface area contributed by atoms with Crippen LogP contribution in [0.25, 0.3) is 22.1 Å². The summed E-state index contributed by atoms with van der Waals surface area (Å²) in [5.74, 6) is -6.56. The topological polar surface area (TPSA) is 289 Å². The largest absolute Gasteiger partial charge is 0.545 e. The molecule has 0 radical (unpaired) electrons. The molecule has 16 heteroatoms. The van der Waals surface area contributed by atoms with Crippen molar-refractivity contribution in [3.05, 3.63) is 130 Å². The van der Waals surface area contributed by atoms with Crippen LogP contribution in [0.3, 0.4) is 0 Å². The molecule has 4 aromatic carbocycles. The van der Waals surface area contributed by atoms with Gasteiger partial charge in [-0.25, -0.2) is 39.1 Å². The Hall–Kier alpha value is -7.36. The Labute approximate surface area is 279 Å². The van der Waals surface area contributed by atoms with Crippen LogP contribution in [-0.4, -0.2) is 66.2 Å². The first-order valence-corrected chi connectivity index (χ1v) is 14.4. The zero-order chi connectivity index (χ0) is 36.5. The first-order valence-electron chi connectivity index (χ1n) is 14.4. The molecular formula is C34H26N4O12. The second-order valence-electron chi connectivity index (χ2n) is 10.4. The first-order chi connectivity index (χ1) is 23.7. The predicted octanol–water partition coefficient (Wildman–Crippen LogP) is 0.956. The van der Waals surface area contributed by atoms with E-state index >= 15 is 0 Å². The lowest BCUT2D eigenvalue weighted by Gasteiger charge is -2.05. The SMILES string of the molecule is O=C([O-])c1cc(C(=O)O)cc(C(=O)O)c1.O=C([O-])c1cc(C(=O)O)cc(C(=O)O)c1.c1ccc2[nH+]c(CCc3[nH]c4ccccc4[nH+]3)[nH]c2c1. The highest BCUT2D eigenvalue weighted by Gasteiger charge is 2.15. The van der Waals surface area contributed by atoms with Gasteiger partial charge < -0.3 is 40.2 Å². The normalized spacial score (nSPS) is 10.3. The summed E-state index contributed by atoms with van der Waals surface area (Å²) in [5.41, 5.74) is 2.03. The van der Waals surface area contributed by atoms with Gasteiger partial charge in [0.05, 0.1) is 47.0 Å². The fourth-order valence-electron chi connectivity index (χ4n) is 4.60. The number of aromatic nitrogens is 4. The zero-order valence-corrected chi connectivity index (χ0v) is 25.6. The quantitative estimate of drug-likeness (QED) is 0.124. The molecule has 0 saturated heterocycles. The molecule has 0 aliphatic heterocycles. The summed E-state index contributed by atoms with van der Waals surface area (Å²) in [6, 6.07) is 21.6. The molecule has 50 heavy (non-hydrogen) atoms. The third-order valence-corrected chi connectivity index (χ3v) is 6.95. The van der Waals surface area contributed by atoms with Crippen LogP contribution >= 0.6 is 0 Å². The number of fused-ring (bicyclic) bond motifs is 2. The molecule has 0 bridgehead atoms. The monoisotopic (exact) mass is 682 g/mol. The number of H-pyrrole nitrogens is 4. The van der Waals surface area contributed by atoms with Gasteiger partial charge in [0.25, 0.3) is 11.6 Å². The zero-order valence-electron chi connectivity index (χ0n) is 25.6. The van der Waals surface area contributed by atoms with Crippen molar-refractivity contribution < 1.29 is 69.4 Å². The van der Waals surface area contributed by atoms with E-state index in [1.807, 2.05) is 24.3 Å². The number of aryl methyl sites for hydroxylation is 2. The third kappa shape index (κ3) is 9.13. The van der Waals surface area contributed by atoms with Crippen molar-refractivity contribution in [2.45, 2.75) is 12.8 Å². The third-order valence-electron chi connectivity index (χ3n) is 6.95. The Kier molecular flexibility index (Phi) is 11.0. The van der Waals surface area contributed by atoms with Crippen molar-refractivity contribution >= 4 is 57.9 Å². The number of carboxylic acid groups (broad SMARTS) is 6. The Bertz CT molecular complexity index is 1890. The van der Waals surface area contributed by atoms with Gasteiger partial charge in [-0.15, -0.1) is 0 Å². The van der Waals surface area contributed by atoms with Crippen LogP contribution in [-0.2, 0) is 12.8 Å². The van der Waals surface area contributed by atoms with Gasteiger partial charge in [0, 0.05) is 0 Å². The van der Waals surface area contributed by atoms with Crippen molar-refractivity contribution in [1.82, 2.24) is 9.97 Å². The summed E-state index contributed by atoms with van der Waals surface area (Å²) in [4.78, 5) is 76.7. The minimum atomic E-state index is -1.62. The molecule has 0 unspecified atom stereocenters. The number of benzene rings is 4. The highest BCUT2D eigenvalue weighted by atomic mass is 16.4. The van der Waals surface area contributed by atoms with Crippen LogP contribution < -0.4 is 20.2 Å². The van der Waals surface area contributed by atoms with Crippen LogP contribution in [0.5, 0.6) is 0 Å². The van der Waals surface area contributed by atoms with E-state index < -0.39 is 69.2 Å². The molecule has 2 aromatic heterocycles. The fourth-order valence-corrected chi connectivity index (χ4v) is 4.60. The number of carbonyl (C=O) groups excluding carboxylic acids is 2. The Balaban J connectivity index is 0.000000172. The highest BCUT2D eigenvalue weighted by Crippen LogP contribution is 2.12. The molecule has 0 aliphatic rings. The molecule has 254 valence electrons. The maximum Gasteiger partial charge on any atom is 0.335 e. The number of para-hydroxylation sites is 4. The van der Waals surface area contributed by atoms with Crippen molar-refractivity contribution in [3.63, 3.8) is 0 Å². The molecule has 6 rings (SSSR count). The van der Waals surface area contributed by atoms with Crippen LogP contribution in [0.1, 0.15) is 73.8 Å². The fraction of sp³-hybridized carbons (Fsp3) is 0.0588. The number of carbonyl (C=O) groups is 6. The number of imidazole rings is 2. The Morgan fingerprint density at radius 3 is 1.02 bits per heavy atom. The lowest BCUT2D eigenvalue weighted by molar-refractivity contribution is -0.366. The van der Waals surface area contributed by atoms with Gasteiger partial charge in [-0.2, -0.15) is 0 Å². The minimum Gasteiger partial charge on any atom is -0.545 e. The number of aromatic amines is 4. The summed E-state index contributed by atoms with van der Waals surface area (Å²) < 4.78 is 0. The minimum absolute atomic E-state index is 0.408. The number of hydrogen-bond acceptors (Lipinski definition) is 8. The van der Waals surface area contributed by atoms with Gasteiger partial charge in [-0.1, -0.05) is 24.3 Å². The van der Waals surface area contributed by atoms with Crippen molar-refractivity contribution in [2.75, 3.05) is 0 Å². The second kappa shape index (κ2) is 15.5. The van der Waals surface area contributed by atoms with E-state index in [2.05, 4.69) is 44.2 Å². The molecule has 8 N–H and O–H groups in total. The van der Waals surface area contributed by atoms with Gasteiger partial charge in [-0.05, 0) is 71.8 Å². The molecule has 0 aliphatic carbocycles. The van der Waals surface area contributed by atoms with E-state index in [0.717, 1.165) is 83.0 Å². The smallest absolute Gasteiger partial charge is 0.335 e. The summed E-state index contributed by atoms with van der Waals surface area (Å²) in [5, 5.41) is 55.3. The molecule has 6 aromatic rings. The summed E-state index contributed by atoms with van der Waals surface area (Å²) in [7, 11) is 0. The van der Waals surface area contributed by atoms with Crippen LogP contribution in [0, 0.1) is 0 Å². The number of rotatable bonds is 9. The van der Waals surface area contributed by atoms with Crippen molar-refractivity contribution in [2.24, 2.45) is 0 Å². The lowest BCUT2D eigenvalue weighted by Crippen LogP contribution is -2.23. The van der Waals surface area contributed by atoms with Gasteiger partial charge in [0.15, 0.2) is 22.1 Å². The molecule has 0 saturated carbocycles. The van der Waals surface area contributed by atoms with E-state index in [1.54, 1.807) is 0 Å². The van der Waals surface area contributed by atoms with E-state index in [9.17, 15) is 39.0 Å². The summed E-state index contributed by atoms with van der Waals surface area (Å²) in [6.07, 6.45) is 1.88. The average Bonchev–Trinajstić information content (AvgIpc) is 3.71. The molecule has 16 nitrogen and oxygen atoms in total. The molecule has 0 fully saturated rings. The Morgan fingerprint density at radius 1 is 0.480 bits per heavy atom. The van der Waals surface area contributed by atoms with Crippen LogP contribution in [0.4, 0.5) is 0 Å². The average molecular weight is 683 g/mol. The summed E-state index contributed by atoms with van der Waals surface area (Å²) >= 11 is 0. The second-order valence-corrected chi connectivity index (χ2v) is 10.4. The number of hydrogen-bond donors (Lipinski definition) is 6. The molecule has 0 atom stereocenters. The molecule has 0 spiro atoms. The van der Waals surface area contributed by atoms with Crippen molar-refractivity contribution in [3.8, 4) is 0 Å². The van der Waals surface area contributed by atoms with Gasteiger partial charge in [-0.3, -0.25) is 0 Å². The van der Waals surface area contributed by atoms with E-state index in [0.29, 0.717) is 0 Å². The predicted molar refractivity (Wildman–Crippen MR) is 166 cm³/mol. The molecular weight excluding hydrogens is 656 g/mol. The number of carboxylic acids is 6. The van der Waals surface area contributed by atoms with E-state index in [4.69, 9.17) is 20.4 Å². The van der Waals surface area contributed by atoms with E-state index in [-0.39, 0.29) is 0 Å². The maximum atomic E-state index is 10.5. The number of nitrogens with one attached hydrogen (secondary N) is 4. The van der Waals surface area contributed by atoms with Gasteiger partial charge in [0.2, 0.25) is 0 Å². The van der Waals surface area contributed by atoms with Crippen LogP contribution in [0.15, 0.2) is 84.9 Å². The standard InChI is InChI=1S/C16H14N4.2C9H6O6/c1-2-6-12-11(5-1)17-15(18-12)9-10-16-19-13-7-3-4-8-14(13)20-16;2*10-7(11)4-1-5(8(12)13)3-6(2-4)9(14)15/h1-8H,9-10H2,(H,17,18)(H,19,20);2*1-3H,(H,10,11)(H,12,13)(H,14,15). The van der Waals surface area contributed by atoms with Gasteiger partial charge in [0.1, 0.15) is 0 Å². The van der Waals surface area contributed by atoms with Gasteiger partial charge >= 0.3 is 23.9 Å². The van der Waals surface area contributed by atoms with Crippen molar-refractivity contribution in [1.29, 1.82) is 0 Å². The highest BCUT2D eigenvalue weighted by molar-refractivity contribution is 5.99. The Morgan fingerprint density at radius 2 is 0.760 bits per heavy atom. The summed E-state index contributed by atoms with van der Waals surface area (Å²) in [6.45, 7) is 0.